The Morgan fingerprint density at radius 1 is 1.09 bits per heavy atom. The van der Waals surface area contributed by atoms with Crippen molar-refractivity contribution in [1.82, 2.24) is 5.32 Å². The van der Waals surface area contributed by atoms with Crippen molar-refractivity contribution in [3.63, 3.8) is 0 Å². The number of fused-ring (bicyclic) bond motifs is 1. The summed E-state index contributed by atoms with van der Waals surface area (Å²) in [6.45, 7) is 3.97. The number of aryl methyl sites for hydroxylation is 1. The number of benzene rings is 1. The van der Waals surface area contributed by atoms with E-state index in [0.29, 0.717) is 23.0 Å². The number of amides is 2. The normalized spacial score (nSPS) is 16.3. The topological polar surface area (TPSA) is 89.5 Å². The molecule has 35 heavy (non-hydrogen) atoms. The number of hydrogen-bond acceptors (Lipinski definition) is 7. The van der Waals surface area contributed by atoms with E-state index in [1.165, 1.54) is 17.8 Å². The molecule has 0 saturated heterocycles. The van der Waals surface area contributed by atoms with Gasteiger partial charge in [0.15, 0.2) is 11.5 Å². The maximum atomic E-state index is 13.2. The third kappa shape index (κ3) is 5.00. The van der Waals surface area contributed by atoms with Gasteiger partial charge in [0.25, 0.3) is 0 Å². The molecule has 0 atom stereocenters. The summed E-state index contributed by atoms with van der Waals surface area (Å²) in [6.07, 6.45) is 5.47. The summed E-state index contributed by atoms with van der Waals surface area (Å²) >= 11 is 1.51. The second-order valence-corrected chi connectivity index (χ2v) is 10.1. The first-order chi connectivity index (χ1) is 16.9. The largest absolute Gasteiger partial charge is 0.493 e. The lowest BCUT2D eigenvalue weighted by Crippen LogP contribution is -2.45. The highest BCUT2D eigenvalue weighted by Crippen LogP contribution is 2.42. The molecule has 1 saturated carbocycles. The molecule has 0 bridgehead atoms. The SMILES string of the molecule is COc1cc(C2=NCC(=O)N(CC(=O)NC3CCCCC3)c3sc(C)c(C)c32)cc(OC)c1OC. The molecule has 0 unspecified atom stereocenters. The maximum absolute atomic E-state index is 13.2. The second kappa shape index (κ2) is 10.7. The van der Waals surface area contributed by atoms with E-state index in [-0.39, 0.29) is 30.9 Å². The summed E-state index contributed by atoms with van der Waals surface area (Å²) < 4.78 is 16.6. The van der Waals surface area contributed by atoms with Crippen LogP contribution >= 0.6 is 11.3 Å². The summed E-state index contributed by atoms with van der Waals surface area (Å²) in [5.41, 5.74) is 3.32. The first kappa shape index (κ1) is 25.0. The number of aliphatic imine (C=N–C) groups is 1. The molecule has 188 valence electrons. The minimum absolute atomic E-state index is 0.0141. The van der Waals surface area contributed by atoms with Crippen molar-refractivity contribution in [2.45, 2.75) is 52.0 Å². The summed E-state index contributed by atoms with van der Waals surface area (Å²) in [5.74, 6) is 1.18. The van der Waals surface area contributed by atoms with Crippen LogP contribution in [-0.4, -0.2) is 58.0 Å². The first-order valence-electron chi connectivity index (χ1n) is 11.9. The highest BCUT2D eigenvalue weighted by atomic mass is 32.1. The van der Waals surface area contributed by atoms with Gasteiger partial charge in [0, 0.05) is 22.0 Å². The molecule has 1 aliphatic heterocycles. The number of hydrogen-bond donors (Lipinski definition) is 1. The summed E-state index contributed by atoms with van der Waals surface area (Å²) in [4.78, 5) is 33.5. The van der Waals surface area contributed by atoms with Crippen LogP contribution in [0.5, 0.6) is 17.2 Å². The lowest BCUT2D eigenvalue weighted by atomic mass is 9.95. The van der Waals surface area contributed by atoms with Crippen LogP contribution in [0.3, 0.4) is 0 Å². The van der Waals surface area contributed by atoms with E-state index in [0.717, 1.165) is 52.3 Å². The van der Waals surface area contributed by atoms with E-state index in [1.807, 2.05) is 26.0 Å². The van der Waals surface area contributed by atoms with Crippen molar-refractivity contribution < 1.29 is 23.8 Å². The molecule has 2 aromatic rings. The molecule has 1 aromatic heterocycles. The van der Waals surface area contributed by atoms with Gasteiger partial charge in [-0.05, 0) is 44.4 Å². The van der Waals surface area contributed by atoms with Gasteiger partial charge < -0.3 is 19.5 Å². The van der Waals surface area contributed by atoms with Gasteiger partial charge in [-0.15, -0.1) is 11.3 Å². The summed E-state index contributed by atoms with van der Waals surface area (Å²) in [7, 11) is 4.69. The van der Waals surface area contributed by atoms with E-state index in [1.54, 1.807) is 26.2 Å². The number of carbonyl (C=O) groups is 2. The average Bonchev–Trinajstić information content (AvgIpc) is 3.08. The third-order valence-electron chi connectivity index (χ3n) is 6.73. The van der Waals surface area contributed by atoms with Gasteiger partial charge in [0.1, 0.15) is 18.1 Å². The molecule has 8 nitrogen and oxygen atoms in total. The number of ether oxygens (including phenoxy) is 3. The van der Waals surface area contributed by atoms with E-state index in [9.17, 15) is 9.59 Å². The number of nitrogens with one attached hydrogen (secondary N) is 1. The second-order valence-electron chi connectivity index (χ2n) is 8.92. The van der Waals surface area contributed by atoms with Gasteiger partial charge in [-0.25, -0.2) is 0 Å². The van der Waals surface area contributed by atoms with Gasteiger partial charge in [-0.3, -0.25) is 19.5 Å². The Hall–Kier alpha value is -3.07. The fraction of sp³-hybridized carbons (Fsp3) is 0.500. The Balaban J connectivity index is 1.72. The molecule has 0 spiro atoms. The quantitative estimate of drug-likeness (QED) is 0.622. The van der Waals surface area contributed by atoms with Crippen molar-refractivity contribution in [3.8, 4) is 17.2 Å². The van der Waals surface area contributed by atoms with E-state index in [4.69, 9.17) is 19.2 Å². The standard InChI is InChI=1S/C26H33N3O5S/c1-15-16(2)35-26-23(15)24(17-11-19(32-3)25(34-5)20(12-17)33-4)27-13-22(31)29(26)14-21(30)28-18-9-7-6-8-10-18/h11-12,18H,6-10,13-14H2,1-5H3,(H,28,30). The molecule has 1 N–H and O–H groups in total. The molecule has 2 amide bonds. The summed E-state index contributed by atoms with van der Waals surface area (Å²) in [6, 6.07) is 3.87. The van der Waals surface area contributed by atoms with Crippen molar-refractivity contribution in [1.29, 1.82) is 0 Å². The Morgan fingerprint density at radius 2 is 1.74 bits per heavy atom. The minimum atomic E-state index is -0.200. The lowest BCUT2D eigenvalue weighted by molar-refractivity contribution is -0.123. The molecule has 2 heterocycles. The molecule has 2 aliphatic rings. The Labute approximate surface area is 210 Å². The van der Waals surface area contributed by atoms with Crippen LogP contribution in [0.15, 0.2) is 17.1 Å². The van der Waals surface area contributed by atoms with Crippen molar-refractivity contribution in [2.75, 3.05) is 39.3 Å². The fourth-order valence-electron chi connectivity index (χ4n) is 4.78. The molecule has 1 aromatic carbocycles. The van der Waals surface area contributed by atoms with Crippen LogP contribution in [0.4, 0.5) is 5.00 Å². The zero-order valence-corrected chi connectivity index (χ0v) is 21.8. The van der Waals surface area contributed by atoms with E-state index in [2.05, 4.69) is 5.32 Å². The number of methoxy groups -OCH3 is 3. The van der Waals surface area contributed by atoms with Gasteiger partial charge >= 0.3 is 0 Å². The van der Waals surface area contributed by atoms with E-state index < -0.39 is 0 Å². The van der Waals surface area contributed by atoms with Crippen LogP contribution in [0.1, 0.15) is 53.7 Å². The fourth-order valence-corrected chi connectivity index (χ4v) is 5.95. The van der Waals surface area contributed by atoms with Gasteiger partial charge in [0.2, 0.25) is 17.6 Å². The smallest absolute Gasteiger partial charge is 0.249 e. The van der Waals surface area contributed by atoms with Crippen molar-refractivity contribution in [2.24, 2.45) is 4.99 Å². The predicted molar refractivity (Wildman–Crippen MR) is 138 cm³/mol. The highest BCUT2D eigenvalue weighted by Gasteiger charge is 2.32. The van der Waals surface area contributed by atoms with Crippen LogP contribution in [0, 0.1) is 13.8 Å². The maximum Gasteiger partial charge on any atom is 0.249 e. The van der Waals surface area contributed by atoms with Gasteiger partial charge in [0.05, 0.1) is 27.0 Å². The molecule has 1 aliphatic carbocycles. The molecule has 9 heteroatoms. The molecular weight excluding hydrogens is 466 g/mol. The molecule has 0 radical (unpaired) electrons. The average molecular weight is 500 g/mol. The van der Waals surface area contributed by atoms with Crippen molar-refractivity contribution in [3.05, 3.63) is 33.7 Å². The minimum Gasteiger partial charge on any atom is -0.493 e. The Morgan fingerprint density at radius 3 is 2.34 bits per heavy atom. The zero-order valence-electron chi connectivity index (χ0n) is 21.0. The number of nitrogens with zero attached hydrogens (tertiary/aromatic N) is 2. The van der Waals surface area contributed by atoms with Crippen LogP contribution in [0.2, 0.25) is 0 Å². The third-order valence-corrected chi connectivity index (χ3v) is 7.96. The Bertz CT molecular complexity index is 1130. The number of rotatable bonds is 7. The number of anilines is 1. The lowest BCUT2D eigenvalue weighted by Gasteiger charge is -2.25. The van der Waals surface area contributed by atoms with Gasteiger partial charge in [-0.1, -0.05) is 19.3 Å². The summed E-state index contributed by atoms with van der Waals surface area (Å²) in [5, 5.41) is 3.88. The first-order valence-corrected chi connectivity index (χ1v) is 12.7. The molecule has 1 fully saturated rings. The molecular formula is C26H33N3O5S. The van der Waals surface area contributed by atoms with Crippen LogP contribution in [-0.2, 0) is 9.59 Å². The Kier molecular flexibility index (Phi) is 7.64. The number of thiophene rings is 1. The monoisotopic (exact) mass is 499 g/mol. The van der Waals surface area contributed by atoms with Crippen LogP contribution < -0.4 is 24.4 Å². The zero-order chi connectivity index (χ0) is 25.1. The van der Waals surface area contributed by atoms with Gasteiger partial charge in [-0.2, -0.15) is 0 Å². The molecule has 4 rings (SSSR count). The highest BCUT2D eigenvalue weighted by molar-refractivity contribution is 7.17. The van der Waals surface area contributed by atoms with Crippen molar-refractivity contribution >= 4 is 33.9 Å². The number of carbonyl (C=O) groups excluding carboxylic acids is 2. The van der Waals surface area contributed by atoms with E-state index >= 15 is 0 Å². The van der Waals surface area contributed by atoms with Crippen LogP contribution in [0.25, 0.3) is 0 Å². The predicted octanol–water partition coefficient (Wildman–Crippen LogP) is 4.02.